The molecule has 2 N–H and O–H groups in total. The van der Waals surface area contributed by atoms with Crippen molar-refractivity contribution in [2.75, 3.05) is 23.0 Å². The summed E-state index contributed by atoms with van der Waals surface area (Å²) in [6.45, 7) is 5.72. The summed E-state index contributed by atoms with van der Waals surface area (Å²) in [5, 5.41) is 5.49. The first-order valence-electron chi connectivity index (χ1n) is 7.82. The molecule has 0 aliphatic heterocycles. The van der Waals surface area contributed by atoms with Crippen LogP contribution in [-0.2, 0) is 4.74 Å². The Morgan fingerprint density at radius 1 is 1.16 bits per heavy atom. The highest BCUT2D eigenvalue weighted by Gasteiger charge is 2.11. The van der Waals surface area contributed by atoms with Crippen molar-refractivity contribution in [1.29, 1.82) is 0 Å². The second-order valence-corrected chi connectivity index (χ2v) is 6.04. The van der Waals surface area contributed by atoms with Gasteiger partial charge in [0.25, 0.3) is 5.91 Å². The second-order valence-electron chi connectivity index (χ2n) is 4.98. The van der Waals surface area contributed by atoms with E-state index in [-0.39, 0.29) is 12.5 Å². The number of hydrogen-bond acceptors (Lipinski definition) is 4. The van der Waals surface area contributed by atoms with E-state index < -0.39 is 6.09 Å². The molecule has 0 heterocycles. The molecule has 6 heteroatoms. The van der Waals surface area contributed by atoms with Crippen molar-refractivity contribution < 1.29 is 14.3 Å². The number of para-hydroxylation sites is 1. The summed E-state index contributed by atoms with van der Waals surface area (Å²) in [7, 11) is 0. The molecule has 25 heavy (non-hydrogen) atoms. The third-order valence-electron chi connectivity index (χ3n) is 3.14. The first kappa shape index (κ1) is 18.6. The highest BCUT2D eigenvalue weighted by molar-refractivity contribution is 7.99. The Hall–Kier alpha value is -2.73. The lowest BCUT2D eigenvalue weighted by molar-refractivity contribution is 0.102. The molecule has 0 fully saturated rings. The van der Waals surface area contributed by atoms with Crippen LogP contribution in [0.1, 0.15) is 17.3 Å². The SMILES string of the molecule is C=CCSc1ccccc1NC(=O)c1cccc(NC(=O)OCC)c1. The molecule has 0 aromatic heterocycles. The van der Waals surface area contributed by atoms with Crippen molar-refractivity contribution in [2.24, 2.45) is 0 Å². The molecule has 0 spiro atoms. The Balaban J connectivity index is 2.11. The van der Waals surface area contributed by atoms with E-state index in [2.05, 4.69) is 17.2 Å². The molecule has 0 atom stereocenters. The quantitative estimate of drug-likeness (QED) is 0.553. The van der Waals surface area contributed by atoms with Crippen LogP contribution >= 0.6 is 11.8 Å². The number of carbonyl (C=O) groups is 2. The number of rotatable bonds is 7. The number of nitrogens with one attached hydrogen (secondary N) is 2. The summed E-state index contributed by atoms with van der Waals surface area (Å²) in [5.74, 6) is 0.505. The van der Waals surface area contributed by atoms with E-state index in [4.69, 9.17) is 4.74 Å². The summed E-state index contributed by atoms with van der Waals surface area (Å²) in [6.07, 6.45) is 1.26. The minimum absolute atomic E-state index is 0.251. The van der Waals surface area contributed by atoms with Crippen LogP contribution in [0.2, 0.25) is 0 Å². The van der Waals surface area contributed by atoms with Crippen LogP contribution in [0.4, 0.5) is 16.2 Å². The van der Waals surface area contributed by atoms with Gasteiger partial charge in [0.15, 0.2) is 0 Å². The van der Waals surface area contributed by atoms with E-state index in [9.17, 15) is 9.59 Å². The van der Waals surface area contributed by atoms with Crippen molar-refractivity contribution in [3.63, 3.8) is 0 Å². The van der Waals surface area contributed by atoms with E-state index in [1.807, 2.05) is 30.3 Å². The Labute approximate surface area is 151 Å². The Morgan fingerprint density at radius 2 is 1.96 bits per heavy atom. The number of thioether (sulfide) groups is 1. The topological polar surface area (TPSA) is 67.4 Å². The van der Waals surface area contributed by atoms with Gasteiger partial charge in [0.1, 0.15) is 0 Å². The van der Waals surface area contributed by atoms with Gasteiger partial charge in [-0.1, -0.05) is 24.3 Å². The minimum Gasteiger partial charge on any atom is -0.450 e. The van der Waals surface area contributed by atoms with Gasteiger partial charge in [0.2, 0.25) is 0 Å². The maximum Gasteiger partial charge on any atom is 0.411 e. The summed E-state index contributed by atoms with van der Waals surface area (Å²) in [6, 6.07) is 14.3. The van der Waals surface area contributed by atoms with Gasteiger partial charge in [0.05, 0.1) is 12.3 Å². The molecule has 5 nitrogen and oxygen atoms in total. The minimum atomic E-state index is -0.550. The molecule has 0 radical (unpaired) electrons. The number of ether oxygens (including phenoxy) is 1. The van der Waals surface area contributed by atoms with Gasteiger partial charge in [0, 0.05) is 21.9 Å². The van der Waals surface area contributed by atoms with Gasteiger partial charge >= 0.3 is 6.09 Å². The second kappa shape index (κ2) is 9.54. The molecule has 130 valence electrons. The van der Waals surface area contributed by atoms with Crippen LogP contribution in [-0.4, -0.2) is 24.4 Å². The summed E-state index contributed by atoms with van der Waals surface area (Å²) in [5.41, 5.74) is 1.68. The number of carbonyl (C=O) groups excluding carboxylic acids is 2. The van der Waals surface area contributed by atoms with Crippen LogP contribution < -0.4 is 10.6 Å². The van der Waals surface area contributed by atoms with Crippen LogP contribution in [0.5, 0.6) is 0 Å². The van der Waals surface area contributed by atoms with E-state index in [0.717, 1.165) is 16.3 Å². The zero-order chi connectivity index (χ0) is 18.1. The van der Waals surface area contributed by atoms with Crippen molar-refractivity contribution in [1.82, 2.24) is 0 Å². The predicted octanol–water partition coefficient (Wildman–Crippen LogP) is 4.79. The fourth-order valence-electron chi connectivity index (χ4n) is 2.06. The Morgan fingerprint density at radius 3 is 2.72 bits per heavy atom. The van der Waals surface area contributed by atoms with Crippen molar-refractivity contribution >= 4 is 35.1 Å². The molecule has 2 aromatic rings. The fourth-order valence-corrected chi connectivity index (χ4v) is 2.81. The Kier molecular flexibility index (Phi) is 7.10. The van der Waals surface area contributed by atoms with Gasteiger partial charge in [-0.15, -0.1) is 18.3 Å². The lowest BCUT2D eigenvalue weighted by Gasteiger charge is -2.11. The summed E-state index contributed by atoms with van der Waals surface area (Å²) in [4.78, 5) is 25.0. The van der Waals surface area contributed by atoms with Crippen LogP contribution in [0.15, 0.2) is 66.1 Å². The highest BCUT2D eigenvalue weighted by atomic mass is 32.2. The standard InChI is InChI=1S/C19H20N2O3S/c1-3-12-25-17-11-6-5-10-16(17)21-18(22)14-8-7-9-15(13-14)20-19(23)24-4-2/h3,5-11,13H,1,4,12H2,2H3,(H,20,23)(H,21,22). The molecule has 0 aliphatic rings. The van der Waals surface area contributed by atoms with Gasteiger partial charge in [-0.3, -0.25) is 10.1 Å². The summed E-state index contributed by atoms with van der Waals surface area (Å²) < 4.78 is 4.83. The van der Waals surface area contributed by atoms with Gasteiger partial charge in [-0.05, 0) is 37.3 Å². The number of amides is 2. The summed E-state index contributed by atoms with van der Waals surface area (Å²) >= 11 is 1.59. The Bertz CT molecular complexity index is 762. The first-order chi connectivity index (χ1) is 12.1. The molecule has 2 aromatic carbocycles. The zero-order valence-corrected chi connectivity index (χ0v) is 14.8. The maximum atomic E-state index is 12.5. The third kappa shape index (κ3) is 5.69. The van der Waals surface area contributed by atoms with Crippen molar-refractivity contribution in [2.45, 2.75) is 11.8 Å². The fraction of sp³-hybridized carbons (Fsp3) is 0.158. The molecule has 2 amide bonds. The largest absolute Gasteiger partial charge is 0.450 e. The molecule has 0 aliphatic carbocycles. The molecular weight excluding hydrogens is 336 g/mol. The average Bonchev–Trinajstić information content (AvgIpc) is 2.61. The molecule has 0 unspecified atom stereocenters. The van der Waals surface area contributed by atoms with Crippen LogP contribution in [0, 0.1) is 0 Å². The van der Waals surface area contributed by atoms with Crippen LogP contribution in [0.25, 0.3) is 0 Å². The van der Waals surface area contributed by atoms with Crippen molar-refractivity contribution in [3.8, 4) is 0 Å². The number of hydrogen-bond donors (Lipinski definition) is 2. The zero-order valence-electron chi connectivity index (χ0n) is 14.0. The van der Waals surface area contributed by atoms with E-state index in [1.54, 1.807) is 43.0 Å². The van der Waals surface area contributed by atoms with Crippen LogP contribution in [0.3, 0.4) is 0 Å². The smallest absolute Gasteiger partial charge is 0.411 e. The lowest BCUT2D eigenvalue weighted by Crippen LogP contribution is -2.15. The lowest BCUT2D eigenvalue weighted by atomic mass is 10.2. The third-order valence-corrected chi connectivity index (χ3v) is 4.21. The normalized spacial score (nSPS) is 9.96. The maximum absolute atomic E-state index is 12.5. The average molecular weight is 356 g/mol. The molecular formula is C19H20N2O3S. The number of anilines is 2. The van der Waals surface area contributed by atoms with E-state index in [1.165, 1.54) is 0 Å². The predicted molar refractivity (Wildman–Crippen MR) is 102 cm³/mol. The van der Waals surface area contributed by atoms with Crippen molar-refractivity contribution in [3.05, 3.63) is 66.7 Å². The molecule has 0 saturated carbocycles. The van der Waals surface area contributed by atoms with E-state index >= 15 is 0 Å². The highest BCUT2D eigenvalue weighted by Crippen LogP contribution is 2.27. The molecule has 0 bridgehead atoms. The molecule has 2 rings (SSSR count). The van der Waals surface area contributed by atoms with Gasteiger partial charge in [-0.25, -0.2) is 4.79 Å². The van der Waals surface area contributed by atoms with Gasteiger partial charge < -0.3 is 10.1 Å². The first-order valence-corrected chi connectivity index (χ1v) is 8.80. The monoisotopic (exact) mass is 356 g/mol. The van der Waals surface area contributed by atoms with E-state index in [0.29, 0.717) is 11.3 Å². The molecule has 0 saturated heterocycles. The number of benzene rings is 2. The van der Waals surface area contributed by atoms with Gasteiger partial charge in [-0.2, -0.15) is 0 Å².